The van der Waals surface area contributed by atoms with Crippen molar-refractivity contribution in [1.29, 1.82) is 0 Å². The maximum atomic E-state index is 6.02. The molecule has 4 heteroatoms. The monoisotopic (exact) mass is 349 g/mol. The maximum Gasteiger partial charge on any atom is 0.0458 e. The van der Waals surface area contributed by atoms with E-state index in [1.807, 2.05) is 0 Å². The topological polar surface area (TPSA) is 45.0 Å². The first kappa shape index (κ1) is 15.1. The van der Waals surface area contributed by atoms with Crippen LogP contribution in [-0.4, -0.2) is 29.0 Å². The van der Waals surface area contributed by atoms with Crippen molar-refractivity contribution in [2.75, 3.05) is 13.1 Å². The predicted molar refractivity (Wildman–Crippen MR) is 92.3 cm³/mol. The van der Waals surface area contributed by atoms with Crippen molar-refractivity contribution < 1.29 is 0 Å². The van der Waals surface area contributed by atoms with Gasteiger partial charge >= 0.3 is 0 Å². The van der Waals surface area contributed by atoms with E-state index < -0.39 is 0 Å². The fraction of sp³-hybridized carbons (Fsp3) is 0.529. The molecular formula is C17H24BrN3. The van der Waals surface area contributed by atoms with Crippen LogP contribution in [-0.2, 0) is 6.54 Å². The summed E-state index contributed by atoms with van der Waals surface area (Å²) in [6.45, 7) is 5.23. The summed E-state index contributed by atoms with van der Waals surface area (Å²) >= 11 is 3.57. The number of likely N-dealkylation sites (tertiary alicyclic amines) is 1. The lowest BCUT2D eigenvalue weighted by molar-refractivity contribution is 0.108. The molecule has 2 unspecified atom stereocenters. The Kier molecular flexibility index (Phi) is 4.67. The number of nitrogens with one attached hydrogen (secondary N) is 1. The highest BCUT2D eigenvalue weighted by Gasteiger charge is 2.27. The van der Waals surface area contributed by atoms with Crippen LogP contribution in [0.3, 0.4) is 0 Å². The average Bonchev–Trinajstić information content (AvgIpc) is 2.90. The molecule has 2 heterocycles. The molecule has 1 fully saturated rings. The Labute approximate surface area is 135 Å². The molecule has 0 spiro atoms. The number of aromatic amines is 1. The highest BCUT2D eigenvalue weighted by molar-refractivity contribution is 9.10. The Balaban J connectivity index is 1.79. The largest absolute Gasteiger partial charge is 0.361 e. The molecule has 1 saturated heterocycles. The molecule has 114 valence electrons. The number of hydrogen-bond donors (Lipinski definition) is 2. The Hall–Kier alpha value is -0.840. The van der Waals surface area contributed by atoms with Gasteiger partial charge in [-0.3, -0.25) is 4.90 Å². The molecule has 0 aliphatic carbocycles. The third kappa shape index (κ3) is 3.17. The third-order valence-electron chi connectivity index (χ3n) is 4.90. The summed E-state index contributed by atoms with van der Waals surface area (Å²) in [6, 6.07) is 6.95. The fourth-order valence-corrected chi connectivity index (χ4v) is 3.87. The highest BCUT2D eigenvalue weighted by Crippen LogP contribution is 2.29. The van der Waals surface area contributed by atoms with E-state index >= 15 is 0 Å². The van der Waals surface area contributed by atoms with Gasteiger partial charge in [0.1, 0.15) is 0 Å². The number of benzene rings is 1. The smallest absolute Gasteiger partial charge is 0.0458 e. The summed E-state index contributed by atoms with van der Waals surface area (Å²) in [5.74, 6) is 0.854. The van der Waals surface area contributed by atoms with Gasteiger partial charge in [-0.2, -0.15) is 0 Å². The molecule has 2 atom stereocenters. The van der Waals surface area contributed by atoms with Gasteiger partial charge in [-0.05, 0) is 49.1 Å². The number of halogens is 1. The number of hydrogen-bond acceptors (Lipinski definition) is 2. The molecule has 0 saturated carbocycles. The van der Waals surface area contributed by atoms with Crippen molar-refractivity contribution in [2.24, 2.45) is 11.7 Å². The van der Waals surface area contributed by atoms with Crippen molar-refractivity contribution in [3.8, 4) is 0 Å². The molecule has 2 aromatic rings. The van der Waals surface area contributed by atoms with Crippen LogP contribution in [0.5, 0.6) is 0 Å². The molecule has 0 amide bonds. The van der Waals surface area contributed by atoms with Crippen LogP contribution >= 0.6 is 15.9 Å². The highest BCUT2D eigenvalue weighted by atomic mass is 79.9. The van der Waals surface area contributed by atoms with Gasteiger partial charge in [0.2, 0.25) is 0 Å². The standard InChI is InChI=1S/C17H24BrN3/c1-2-12-5-6-21(15(7-12)9-19)11-13-10-20-17-4-3-14(18)8-16(13)17/h3-4,8,10,12,15,20H,2,5-7,9,11,19H2,1H3. The lowest BCUT2D eigenvalue weighted by Gasteiger charge is -2.38. The number of nitrogens with two attached hydrogens (primary N) is 1. The number of nitrogens with zero attached hydrogens (tertiary/aromatic N) is 1. The van der Waals surface area contributed by atoms with Crippen LogP contribution < -0.4 is 5.73 Å². The normalized spacial score (nSPS) is 23.8. The third-order valence-corrected chi connectivity index (χ3v) is 5.39. The van der Waals surface area contributed by atoms with Crippen molar-refractivity contribution in [3.63, 3.8) is 0 Å². The Bertz CT molecular complexity index is 607. The molecule has 1 aromatic heterocycles. The molecule has 1 aromatic carbocycles. The number of aromatic nitrogens is 1. The fourth-order valence-electron chi connectivity index (χ4n) is 3.51. The zero-order valence-electron chi connectivity index (χ0n) is 12.6. The summed E-state index contributed by atoms with van der Waals surface area (Å²) in [6.07, 6.45) is 5.99. The molecule has 3 N–H and O–H groups in total. The van der Waals surface area contributed by atoms with Crippen molar-refractivity contribution >= 4 is 26.8 Å². The summed E-state index contributed by atoms with van der Waals surface area (Å²) in [5, 5.41) is 1.32. The molecule has 3 rings (SSSR count). The van der Waals surface area contributed by atoms with Crippen molar-refractivity contribution in [2.45, 2.75) is 38.8 Å². The summed E-state index contributed by atoms with van der Waals surface area (Å²) in [4.78, 5) is 5.94. The van der Waals surface area contributed by atoms with Gasteiger partial charge in [0.25, 0.3) is 0 Å². The zero-order valence-corrected chi connectivity index (χ0v) is 14.2. The summed E-state index contributed by atoms with van der Waals surface area (Å²) < 4.78 is 1.14. The van der Waals surface area contributed by atoms with Crippen LogP contribution in [0, 0.1) is 5.92 Å². The van der Waals surface area contributed by atoms with E-state index in [9.17, 15) is 0 Å². The number of fused-ring (bicyclic) bond motifs is 1. The first-order chi connectivity index (χ1) is 10.2. The SMILES string of the molecule is CCC1CCN(Cc2c[nH]c3ccc(Br)cc23)C(CN)C1. The van der Waals surface area contributed by atoms with E-state index in [-0.39, 0.29) is 0 Å². The van der Waals surface area contributed by atoms with Gasteiger partial charge < -0.3 is 10.7 Å². The van der Waals surface area contributed by atoms with E-state index in [0.29, 0.717) is 6.04 Å². The minimum atomic E-state index is 0.529. The summed E-state index contributed by atoms with van der Waals surface area (Å²) in [7, 11) is 0. The second-order valence-corrected chi connectivity index (χ2v) is 7.08. The predicted octanol–water partition coefficient (Wildman–Crippen LogP) is 3.88. The number of H-pyrrole nitrogens is 1. The van der Waals surface area contributed by atoms with Crippen molar-refractivity contribution in [3.05, 3.63) is 34.4 Å². The van der Waals surface area contributed by atoms with E-state index in [1.54, 1.807) is 0 Å². The molecule has 21 heavy (non-hydrogen) atoms. The molecule has 0 bridgehead atoms. The molecule has 0 radical (unpaired) electrons. The Morgan fingerprint density at radius 2 is 2.29 bits per heavy atom. The molecular weight excluding hydrogens is 326 g/mol. The van der Waals surface area contributed by atoms with Crippen molar-refractivity contribution in [1.82, 2.24) is 9.88 Å². The number of rotatable bonds is 4. The maximum absolute atomic E-state index is 6.02. The van der Waals surface area contributed by atoms with E-state index in [4.69, 9.17) is 5.73 Å². The van der Waals surface area contributed by atoms with Gasteiger partial charge in [-0.15, -0.1) is 0 Å². The lowest BCUT2D eigenvalue weighted by atomic mass is 9.88. The van der Waals surface area contributed by atoms with Crippen LogP contribution in [0.25, 0.3) is 10.9 Å². The van der Waals surface area contributed by atoms with Gasteiger partial charge in [0.05, 0.1) is 0 Å². The molecule has 1 aliphatic rings. The van der Waals surface area contributed by atoms with Gasteiger partial charge in [0, 0.05) is 40.7 Å². The first-order valence-corrected chi connectivity index (χ1v) is 8.70. The minimum absolute atomic E-state index is 0.529. The number of piperidine rings is 1. The van der Waals surface area contributed by atoms with Crippen LogP contribution in [0.1, 0.15) is 31.7 Å². The molecule has 1 aliphatic heterocycles. The van der Waals surface area contributed by atoms with Crippen LogP contribution in [0.2, 0.25) is 0 Å². The van der Waals surface area contributed by atoms with E-state index in [1.165, 1.54) is 42.3 Å². The zero-order chi connectivity index (χ0) is 14.8. The minimum Gasteiger partial charge on any atom is -0.361 e. The van der Waals surface area contributed by atoms with E-state index in [2.05, 4.69) is 57.1 Å². The average molecular weight is 350 g/mol. The lowest BCUT2D eigenvalue weighted by Crippen LogP contribution is -2.45. The van der Waals surface area contributed by atoms with Gasteiger partial charge in [-0.1, -0.05) is 29.3 Å². The second kappa shape index (κ2) is 6.51. The van der Waals surface area contributed by atoms with E-state index in [0.717, 1.165) is 23.5 Å². The quantitative estimate of drug-likeness (QED) is 0.879. The van der Waals surface area contributed by atoms with Crippen LogP contribution in [0.4, 0.5) is 0 Å². The van der Waals surface area contributed by atoms with Crippen LogP contribution in [0.15, 0.2) is 28.9 Å². The van der Waals surface area contributed by atoms with Gasteiger partial charge in [-0.25, -0.2) is 0 Å². The summed E-state index contributed by atoms with van der Waals surface area (Å²) in [5.41, 5.74) is 8.60. The Morgan fingerprint density at radius 3 is 3.05 bits per heavy atom. The first-order valence-electron chi connectivity index (χ1n) is 7.91. The second-order valence-electron chi connectivity index (χ2n) is 6.16. The molecule has 3 nitrogen and oxygen atoms in total. The van der Waals surface area contributed by atoms with Gasteiger partial charge in [0.15, 0.2) is 0 Å². The Morgan fingerprint density at radius 1 is 1.43 bits per heavy atom.